The Bertz CT molecular complexity index is 784. The van der Waals surface area contributed by atoms with Gasteiger partial charge in [0.1, 0.15) is 0 Å². The van der Waals surface area contributed by atoms with Crippen molar-refractivity contribution in [3.8, 4) is 0 Å². The molecule has 7 heteroatoms. The first-order valence-corrected chi connectivity index (χ1v) is 9.00. The second kappa shape index (κ2) is 7.43. The Morgan fingerprint density at radius 3 is 2.91 bits per heavy atom. The average molecular weight is 345 g/mol. The van der Waals surface area contributed by atoms with Crippen molar-refractivity contribution in [1.29, 1.82) is 0 Å². The van der Waals surface area contributed by atoms with Crippen molar-refractivity contribution in [1.82, 2.24) is 10.2 Å². The fourth-order valence-corrected chi connectivity index (χ4v) is 3.54. The Hall–Kier alpha value is -2.12. The topological polar surface area (TPSA) is 68.0 Å². The first kappa shape index (κ1) is 15.8. The summed E-state index contributed by atoms with van der Waals surface area (Å²) in [5, 5.41) is 12.5. The van der Waals surface area contributed by atoms with Crippen molar-refractivity contribution in [3.63, 3.8) is 0 Å². The van der Waals surface area contributed by atoms with Crippen molar-refractivity contribution < 1.29 is 9.21 Å². The van der Waals surface area contributed by atoms with Gasteiger partial charge < -0.3 is 4.42 Å². The molecule has 23 heavy (non-hydrogen) atoms. The largest absolute Gasteiger partial charge is 0.407 e. The molecule has 2 aromatic heterocycles. The van der Waals surface area contributed by atoms with Gasteiger partial charge in [-0.15, -0.1) is 28.2 Å². The third kappa shape index (κ3) is 4.00. The van der Waals surface area contributed by atoms with Gasteiger partial charge >= 0.3 is 6.01 Å². The van der Waals surface area contributed by atoms with Crippen LogP contribution in [0.5, 0.6) is 0 Å². The predicted molar refractivity (Wildman–Crippen MR) is 92.2 cm³/mol. The minimum atomic E-state index is -0.243. The molecule has 0 aliphatic carbocycles. The van der Waals surface area contributed by atoms with Gasteiger partial charge in [0.05, 0.1) is 12.0 Å². The second-order valence-corrected chi connectivity index (χ2v) is 6.98. The molecule has 0 unspecified atom stereocenters. The molecule has 118 valence electrons. The van der Waals surface area contributed by atoms with Gasteiger partial charge in [0.15, 0.2) is 0 Å². The van der Waals surface area contributed by atoms with Crippen LogP contribution in [0.4, 0.5) is 6.01 Å². The molecule has 0 bridgehead atoms. The van der Waals surface area contributed by atoms with E-state index in [0.717, 1.165) is 15.5 Å². The molecule has 0 fully saturated rings. The zero-order valence-corrected chi connectivity index (χ0v) is 14.1. The van der Waals surface area contributed by atoms with Gasteiger partial charge in [-0.2, -0.15) is 0 Å². The van der Waals surface area contributed by atoms with Crippen LogP contribution in [0.1, 0.15) is 28.0 Å². The maximum Gasteiger partial charge on any atom is 0.322 e. The first-order chi connectivity index (χ1) is 11.3. The van der Waals surface area contributed by atoms with E-state index in [4.69, 9.17) is 4.42 Å². The van der Waals surface area contributed by atoms with Crippen LogP contribution in [0.25, 0.3) is 0 Å². The molecule has 0 aliphatic rings. The summed E-state index contributed by atoms with van der Waals surface area (Å²) in [6.07, 6.45) is 0.572. The van der Waals surface area contributed by atoms with Gasteiger partial charge in [-0.3, -0.25) is 10.1 Å². The minimum Gasteiger partial charge on any atom is -0.407 e. The van der Waals surface area contributed by atoms with Crippen molar-refractivity contribution in [2.75, 3.05) is 11.1 Å². The summed E-state index contributed by atoms with van der Waals surface area (Å²) in [6, 6.07) is 11.6. The number of benzene rings is 1. The maximum absolute atomic E-state index is 12.4. The molecule has 2 heterocycles. The second-order valence-electron chi connectivity index (χ2n) is 4.64. The molecule has 0 atom stereocenters. The summed E-state index contributed by atoms with van der Waals surface area (Å²) >= 11 is 3.25. The highest BCUT2D eigenvalue weighted by molar-refractivity contribution is 7.99. The molecular formula is C16H15N3O2S2. The zero-order valence-electron chi connectivity index (χ0n) is 12.5. The third-order valence-electron chi connectivity index (χ3n) is 3.02. The Balaban J connectivity index is 1.70. The lowest BCUT2D eigenvalue weighted by atomic mass is 10.2. The van der Waals surface area contributed by atoms with Crippen molar-refractivity contribution in [2.24, 2.45) is 0 Å². The Morgan fingerprint density at radius 2 is 2.13 bits per heavy atom. The summed E-state index contributed by atoms with van der Waals surface area (Å²) in [6.45, 7) is 2.05. The number of hydrogen-bond donors (Lipinski definition) is 1. The number of carbonyl (C=O) groups excluding carboxylic acids is 1. The van der Waals surface area contributed by atoms with Crippen LogP contribution in [0.2, 0.25) is 0 Å². The molecule has 0 aliphatic heterocycles. The number of rotatable bonds is 6. The van der Waals surface area contributed by atoms with Gasteiger partial charge in [-0.05, 0) is 29.3 Å². The van der Waals surface area contributed by atoms with Crippen LogP contribution in [0.3, 0.4) is 0 Å². The fourth-order valence-electron chi connectivity index (χ4n) is 2.04. The van der Waals surface area contributed by atoms with Gasteiger partial charge in [-0.1, -0.05) is 30.2 Å². The van der Waals surface area contributed by atoms with Gasteiger partial charge in [-0.25, -0.2) is 0 Å². The molecule has 0 saturated carbocycles. The molecule has 3 rings (SSSR count). The van der Waals surface area contributed by atoms with Crippen molar-refractivity contribution in [3.05, 3.63) is 58.1 Å². The Kier molecular flexibility index (Phi) is 5.09. The fraction of sp³-hybridized carbons (Fsp3) is 0.188. The molecule has 1 amide bonds. The van der Waals surface area contributed by atoms with E-state index in [2.05, 4.69) is 15.5 Å². The number of nitrogens with zero attached hydrogens (tertiary/aromatic N) is 2. The summed E-state index contributed by atoms with van der Waals surface area (Å²) in [5.74, 6) is 1.14. The lowest BCUT2D eigenvalue weighted by Crippen LogP contribution is -2.13. The minimum absolute atomic E-state index is 0.123. The van der Waals surface area contributed by atoms with Crippen LogP contribution in [0, 0.1) is 0 Å². The van der Waals surface area contributed by atoms with Gasteiger partial charge in [0, 0.05) is 9.77 Å². The monoisotopic (exact) mass is 345 g/mol. The van der Waals surface area contributed by atoms with E-state index in [9.17, 15) is 4.79 Å². The normalized spacial score (nSPS) is 10.7. The van der Waals surface area contributed by atoms with Crippen LogP contribution in [-0.4, -0.2) is 21.9 Å². The smallest absolute Gasteiger partial charge is 0.322 e. The van der Waals surface area contributed by atoms with Crippen LogP contribution < -0.4 is 5.32 Å². The quantitative estimate of drug-likeness (QED) is 0.682. The molecule has 3 aromatic rings. The first-order valence-electron chi connectivity index (χ1n) is 7.14. The molecule has 5 nitrogen and oxygen atoms in total. The number of carbonyl (C=O) groups is 1. The van der Waals surface area contributed by atoms with Gasteiger partial charge in [0.25, 0.3) is 5.91 Å². The van der Waals surface area contributed by atoms with E-state index >= 15 is 0 Å². The van der Waals surface area contributed by atoms with Crippen molar-refractivity contribution in [2.45, 2.75) is 18.2 Å². The summed E-state index contributed by atoms with van der Waals surface area (Å²) in [7, 11) is 0. The predicted octanol–water partition coefficient (Wildman–Crippen LogP) is 4.09. The highest BCUT2D eigenvalue weighted by atomic mass is 32.2. The van der Waals surface area contributed by atoms with E-state index in [0.29, 0.717) is 17.9 Å². The van der Waals surface area contributed by atoms with Gasteiger partial charge in [0.2, 0.25) is 5.89 Å². The molecule has 0 radical (unpaired) electrons. The lowest BCUT2D eigenvalue weighted by Gasteiger charge is -2.06. The van der Waals surface area contributed by atoms with E-state index in [1.165, 1.54) is 0 Å². The van der Waals surface area contributed by atoms with Crippen LogP contribution in [-0.2, 0) is 6.42 Å². The number of thioether (sulfide) groups is 1. The molecule has 0 saturated heterocycles. The number of amides is 1. The average Bonchev–Trinajstić information content (AvgIpc) is 3.21. The lowest BCUT2D eigenvalue weighted by molar-refractivity contribution is 0.102. The number of thiophene rings is 1. The summed E-state index contributed by atoms with van der Waals surface area (Å²) in [5.41, 5.74) is 0.609. The SMILES string of the molecule is CCSc1ccccc1C(=O)Nc1nnc(Cc2cccs2)o1. The number of aromatic nitrogens is 2. The summed E-state index contributed by atoms with van der Waals surface area (Å²) in [4.78, 5) is 14.5. The molecule has 0 spiro atoms. The highest BCUT2D eigenvalue weighted by Crippen LogP contribution is 2.23. The molecule has 1 aromatic carbocycles. The standard InChI is InChI=1S/C16H15N3O2S2/c1-2-22-13-8-4-3-7-12(13)15(20)17-16-19-18-14(21-16)10-11-6-5-9-23-11/h3-9H,2,10H2,1H3,(H,17,19,20). The van der Waals surface area contributed by atoms with Crippen LogP contribution >= 0.6 is 23.1 Å². The van der Waals surface area contributed by atoms with E-state index in [1.807, 2.05) is 42.6 Å². The Labute approximate surface area is 142 Å². The number of nitrogens with one attached hydrogen (secondary N) is 1. The maximum atomic E-state index is 12.4. The Morgan fingerprint density at radius 1 is 1.26 bits per heavy atom. The summed E-state index contributed by atoms with van der Waals surface area (Å²) < 4.78 is 5.49. The number of hydrogen-bond acceptors (Lipinski definition) is 6. The van der Waals surface area contributed by atoms with E-state index in [1.54, 1.807) is 29.2 Å². The van der Waals surface area contributed by atoms with Crippen molar-refractivity contribution >= 4 is 35.0 Å². The molecule has 1 N–H and O–H groups in total. The number of anilines is 1. The van der Waals surface area contributed by atoms with E-state index in [-0.39, 0.29) is 11.9 Å². The van der Waals surface area contributed by atoms with E-state index < -0.39 is 0 Å². The van der Waals surface area contributed by atoms with Crippen LogP contribution in [0.15, 0.2) is 51.1 Å². The zero-order chi connectivity index (χ0) is 16.1. The highest BCUT2D eigenvalue weighted by Gasteiger charge is 2.15. The third-order valence-corrected chi connectivity index (χ3v) is 4.86. The molecular weight excluding hydrogens is 330 g/mol.